The number of nitrogens with zero attached hydrogens (tertiary/aromatic N) is 2. The van der Waals surface area contributed by atoms with E-state index in [2.05, 4.69) is 22.1 Å². The molecule has 1 N–H and O–H groups in total. The van der Waals surface area contributed by atoms with Crippen molar-refractivity contribution in [1.29, 1.82) is 0 Å². The number of rotatable bonds is 5. The molecule has 0 bridgehead atoms. The van der Waals surface area contributed by atoms with Gasteiger partial charge in [0.2, 0.25) is 5.91 Å². The Morgan fingerprint density at radius 2 is 1.75 bits per heavy atom. The molecule has 1 aromatic heterocycles. The molecule has 140 valence electrons. The van der Waals surface area contributed by atoms with Gasteiger partial charge in [0.15, 0.2) is 0 Å². The first-order chi connectivity index (χ1) is 13.6. The van der Waals surface area contributed by atoms with Gasteiger partial charge in [-0.2, -0.15) is 0 Å². The molecule has 0 atom stereocenters. The molecule has 0 unspecified atom stereocenters. The Balaban J connectivity index is 1.54. The van der Waals surface area contributed by atoms with Gasteiger partial charge in [-0.25, -0.2) is 4.98 Å². The van der Waals surface area contributed by atoms with Crippen LogP contribution >= 0.6 is 0 Å². The zero-order chi connectivity index (χ0) is 19.5. The van der Waals surface area contributed by atoms with Crippen LogP contribution in [0.15, 0.2) is 71.5 Å². The Bertz CT molecular complexity index is 1210. The Hall–Kier alpha value is -3.47. The molecular weight excluding hydrogens is 350 g/mol. The molecule has 0 spiro atoms. The summed E-state index contributed by atoms with van der Waals surface area (Å²) in [5.41, 5.74) is 1.43. The highest BCUT2D eigenvalue weighted by Crippen LogP contribution is 2.17. The smallest absolute Gasteiger partial charge is 0.258 e. The van der Waals surface area contributed by atoms with E-state index >= 15 is 0 Å². The van der Waals surface area contributed by atoms with Gasteiger partial charge >= 0.3 is 0 Å². The maximum absolute atomic E-state index is 12.8. The highest BCUT2D eigenvalue weighted by Gasteiger charge is 2.15. The van der Waals surface area contributed by atoms with E-state index in [4.69, 9.17) is 0 Å². The molecule has 5 heteroatoms. The van der Waals surface area contributed by atoms with Gasteiger partial charge in [-0.1, -0.05) is 54.6 Å². The number of carbonyl (C=O) groups is 1. The second kappa shape index (κ2) is 7.64. The van der Waals surface area contributed by atoms with Crippen LogP contribution in [0.4, 0.5) is 0 Å². The van der Waals surface area contributed by atoms with Gasteiger partial charge in [-0.05, 0) is 35.4 Å². The van der Waals surface area contributed by atoms with Gasteiger partial charge in [0.25, 0.3) is 5.56 Å². The molecule has 28 heavy (non-hydrogen) atoms. The molecule has 0 saturated heterocycles. The normalized spacial score (nSPS) is 11.0. The van der Waals surface area contributed by atoms with Crippen LogP contribution in [0.1, 0.15) is 18.3 Å². The molecule has 1 amide bonds. The molecule has 3 aromatic carbocycles. The molecular formula is C23H21N3O2. The first-order valence-electron chi connectivity index (χ1n) is 9.37. The first-order valence-corrected chi connectivity index (χ1v) is 9.37. The summed E-state index contributed by atoms with van der Waals surface area (Å²) in [6.45, 7) is 2.75. The molecule has 4 aromatic rings. The van der Waals surface area contributed by atoms with Crippen molar-refractivity contribution in [3.63, 3.8) is 0 Å². The molecule has 0 fully saturated rings. The monoisotopic (exact) mass is 371 g/mol. The minimum Gasteiger partial charge on any atom is -0.335 e. The van der Waals surface area contributed by atoms with Crippen molar-refractivity contribution in [1.82, 2.24) is 14.9 Å². The summed E-state index contributed by atoms with van der Waals surface area (Å²) in [6.07, 6.45) is 0.316. The van der Waals surface area contributed by atoms with E-state index < -0.39 is 0 Å². The van der Waals surface area contributed by atoms with Crippen LogP contribution in [0.5, 0.6) is 0 Å². The second-order valence-electron chi connectivity index (χ2n) is 6.80. The fourth-order valence-corrected chi connectivity index (χ4v) is 3.40. The number of para-hydroxylation sites is 1. The summed E-state index contributed by atoms with van der Waals surface area (Å²) in [4.78, 5) is 34.1. The van der Waals surface area contributed by atoms with Crippen molar-refractivity contribution in [2.24, 2.45) is 0 Å². The van der Waals surface area contributed by atoms with Gasteiger partial charge in [0.1, 0.15) is 5.82 Å². The van der Waals surface area contributed by atoms with Crippen molar-refractivity contribution in [3.05, 3.63) is 88.5 Å². The van der Waals surface area contributed by atoms with E-state index in [1.54, 1.807) is 17.0 Å². The quantitative estimate of drug-likeness (QED) is 0.582. The van der Waals surface area contributed by atoms with Gasteiger partial charge in [0, 0.05) is 6.54 Å². The van der Waals surface area contributed by atoms with Crippen LogP contribution in [0.3, 0.4) is 0 Å². The summed E-state index contributed by atoms with van der Waals surface area (Å²) in [5.74, 6) is 0.506. The zero-order valence-corrected chi connectivity index (χ0v) is 15.7. The number of carbonyl (C=O) groups excluding carboxylic acids is 1. The third kappa shape index (κ3) is 3.64. The standard InChI is InChI=1S/C23H21N3O2/c1-2-26(15-21-24-20-10-6-5-9-19(20)23(28)25-21)22(27)14-16-11-12-17-7-3-4-8-18(17)13-16/h3-13H,2,14-15H2,1H3,(H,24,25,28). The fraction of sp³-hybridized carbons (Fsp3) is 0.174. The Labute approximate surface area is 162 Å². The lowest BCUT2D eigenvalue weighted by molar-refractivity contribution is -0.131. The lowest BCUT2D eigenvalue weighted by Gasteiger charge is -2.20. The number of benzene rings is 3. The number of hydrogen-bond acceptors (Lipinski definition) is 3. The van der Waals surface area contributed by atoms with Crippen LogP contribution in [0.2, 0.25) is 0 Å². The topological polar surface area (TPSA) is 66.1 Å². The third-order valence-electron chi connectivity index (χ3n) is 4.91. The first kappa shape index (κ1) is 17.9. The predicted octanol–water partition coefficient (Wildman–Crippen LogP) is 3.67. The predicted molar refractivity (Wildman–Crippen MR) is 111 cm³/mol. The van der Waals surface area contributed by atoms with Crippen LogP contribution in [-0.2, 0) is 17.8 Å². The fourth-order valence-electron chi connectivity index (χ4n) is 3.40. The summed E-state index contributed by atoms with van der Waals surface area (Å²) < 4.78 is 0. The van der Waals surface area contributed by atoms with E-state index in [1.807, 2.05) is 49.4 Å². The number of hydrogen-bond donors (Lipinski definition) is 1. The molecule has 1 heterocycles. The van der Waals surface area contributed by atoms with Gasteiger partial charge in [-0.15, -0.1) is 0 Å². The minimum atomic E-state index is -0.182. The lowest BCUT2D eigenvalue weighted by atomic mass is 10.0. The van der Waals surface area contributed by atoms with Crippen molar-refractivity contribution < 1.29 is 4.79 Å². The highest BCUT2D eigenvalue weighted by molar-refractivity contribution is 5.85. The number of amides is 1. The molecule has 0 aliphatic carbocycles. The Kier molecular flexibility index (Phi) is 4.89. The number of fused-ring (bicyclic) bond motifs is 2. The Morgan fingerprint density at radius 3 is 2.57 bits per heavy atom. The number of likely N-dealkylation sites (N-methyl/N-ethyl adjacent to an activating group) is 1. The summed E-state index contributed by atoms with van der Waals surface area (Å²) in [5, 5.41) is 2.83. The van der Waals surface area contributed by atoms with E-state index in [0.29, 0.717) is 29.7 Å². The van der Waals surface area contributed by atoms with E-state index in [1.165, 1.54) is 0 Å². The van der Waals surface area contributed by atoms with Crippen molar-refractivity contribution in [2.45, 2.75) is 19.9 Å². The molecule has 0 aliphatic rings. The zero-order valence-electron chi connectivity index (χ0n) is 15.7. The summed E-state index contributed by atoms with van der Waals surface area (Å²) in [6, 6.07) is 21.4. The second-order valence-corrected chi connectivity index (χ2v) is 6.80. The lowest BCUT2D eigenvalue weighted by Crippen LogP contribution is -2.33. The van der Waals surface area contributed by atoms with Crippen molar-refractivity contribution >= 4 is 27.6 Å². The van der Waals surface area contributed by atoms with Gasteiger partial charge < -0.3 is 9.88 Å². The van der Waals surface area contributed by atoms with Crippen molar-refractivity contribution in [3.8, 4) is 0 Å². The molecule has 0 radical (unpaired) electrons. The molecule has 4 rings (SSSR count). The highest BCUT2D eigenvalue weighted by atomic mass is 16.2. The van der Waals surface area contributed by atoms with Gasteiger partial charge in [0.05, 0.1) is 23.9 Å². The van der Waals surface area contributed by atoms with Crippen LogP contribution < -0.4 is 5.56 Å². The van der Waals surface area contributed by atoms with Crippen LogP contribution in [-0.4, -0.2) is 27.3 Å². The van der Waals surface area contributed by atoms with E-state index in [9.17, 15) is 9.59 Å². The van der Waals surface area contributed by atoms with E-state index in [-0.39, 0.29) is 18.0 Å². The molecule has 0 aliphatic heterocycles. The van der Waals surface area contributed by atoms with Crippen molar-refractivity contribution in [2.75, 3.05) is 6.54 Å². The number of aromatic nitrogens is 2. The number of aromatic amines is 1. The summed E-state index contributed by atoms with van der Waals surface area (Å²) in [7, 11) is 0. The van der Waals surface area contributed by atoms with Crippen LogP contribution in [0.25, 0.3) is 21.7 Å². The minimum absolute atomic E-state index is 0.00795. The SMILES string of the molecule is CCN(Cc1nc2ccccc2c(=O)[nH]1)C(=O)Cc1ccc2ccccc2c1. The van der Waals surface area contributed by atoms with E-state index in [0.717, 1.165) is 16.3 Å². The molecule has 0 saturated carbocycles. The third-order valence-corrected chi connectivity index (χ3v) is 4.91. The largest absolute Gasteiger partial charge is 0.335 e. The summed E-state index contributed by atoms with van der Waals surface area (Å²) >= 11 is 0. The van der Waals surface area contributed by atoms with Crippen LogP contribution in [0, 0.1) is 0 Å². The number of H-pyrrole nitrogens is 1. The Morgan fingerprint density at radius 1 is 1.00 bits per heavy atom. The molecule has 5 nitrogen and oxygen atoms in total. The maximum atomic E-state index is 12.8. The van der Waals surface area contributed by atoms with Gasteiger partial charge in [-0.3, -0.25) is 9.59 Å². The average Bonchev–Trinajstić information content (AvgIpc) is 2.72. The maximum Gasteiger partial charge on any atom is 0.258 e. The average molecular weight is 371 g/mol. The number of nitrogens with one attached hydrogen (secondary N) is 1.